The Morgan fingerprint density at radius 1 is 0.960 bits per heavy atom. The van der Waals surface area contributed by atoms with Crippen molar-refractivity contribution in [3.63, 3.8) is 0 Å². The van der Waals surface area contributed by atoms with Gasteiger partial charge in [0.25, 0.3) is 5.91 Å². The summed E-state index contributed by atoms with van der Waals surface area (Å²) in [4.78, 5) is 23.2. The quantitative estimate of drug-likeness (QED) is 0.659. The van der Waals surface area contributed by atoms with Gasteiger partial charge >= 0.3 is 12.1 Å². The predicted octanol–water partition coefficient (Wildman–Crippen LogP) is 3.57. The van der Waals surface area contributed by atoms with Gasteiger partial charge in [0, 0.05) is 5.69 Å². The number of alkyl halides is 3. The first-order valence-corrected chi connectivity index (χ1v) is 7.11. The largest absolute Gasteiger partial charge is 0.455 e. The maximum atomic E-state index is 12.7. The van der Waals surface area contributed by atoms with E-state index in [1.165, 1.54) is 24.3 Å². The van der Waals surface area contributed by atoms with E-state index in [9.17, 15) is 27.2 Å². The molecule has 1 N–H and O–H groups in total. The Hall–Kier alpha value is -2.90. The van der Waals surface area contributed by atoms with Crippen molar-refractivity contribution in [3.8, 4) is 0 Å². The monoisotopic (exact) mass is 355 g/mol. The summed E-state index contributed by atoms with van der Waals surface area (Å²) in [5.74, 6) is -1.81. The molecule has 0 radical (unpaired) electrons. The Bertz CT molecular complexity index is 740. The van der Waals surface area contributed by atoms with Crippen LogP contribution in [-0.2, 0) is 26.9 Å². The number of anilines is 1. The molecule has 0 bridgehead atoms. The molecule has 0 heterocycles. The fraction of sp³-hybridized carbons (Fsp3) is 0.176. The van der Waals surface area contributed by atoms with E-state index in [0.717, 1.165) is 24.3 Å². The minimum Gasteiger partial charge on any atom is -0.455 e. The lowest BCUT2D eigenvalue weighted by Crippen LogP contribution is -2.21. The van der Waals surface area contributed by atoms with Crippen LogP contribution in [-0.4, -0.2) is 18.5 Å². The number of amides is 1. The second-order valence-corrected chi connectivity index (χ2v) is 5.09. The van der Waals surface area contributed by atoms with E-state index < -0.39 is 36.0 Å². The van der Waals surface area contributed by atoms with Crippen LogP contribution in [0.3, 0.4) is 0 Å². The minimum absolute atomic E-state index is 0.131. The van der Waals surface area contributed by atoms with Crippen molar-refractivity contribution < 1.29 is 31.9 Å². The molecule has 0 spiro atoms. The number of carbonyl (C=O) groups excluding carboxylic acids is 2. The lowest BCUT2D eigenvalue weighted by molar-refractivity contribution is -0.146. The molecule has 8 heteroatoms. The number of rotatable bonds is 5. The molecule has 0 saturated heterocycles. The molecule has 4 nitrogen and oxygen atoms in total. The molecule has 0 aliphatic carbocycles. The normalized spacial score (nSPS) is 11.0. The molecule has 25 heavy (non-hydrogen) atoms. The topological polar surface area (TPSA) is 55.4 Å². The molecule has 2 aromatic rings. The molecule has 0 aromatic heterocycles. The SMILES string of the molecule is O=C(COC(=O)Cc1ccc(F)cc1)Nc1ccc(C(F)(F)F)cc1. The minimum atomic E-state index is -4.46. The molecule has 2 rings (SSSR count). The zero-order chi connectivity index (χ0) is 18.4. The Balaban J connectivity index is 1.80. The van der Waals surface area contributed by atoms with E-state index in [0.29, 0.717) is 5.56 Å². The molecule has 0 unspecified atom stereocenters. The van der Waals surface area contributed by atoms with E-state index in [1.54, 1.807) is 0 Å². The van der Waals surface area contributed by atoms with Crippen molar-refractivity contribution in [2.75, 3.05) is 11.9 Å². The van der Waals surface area contributed by atoms with Crippen LogP contribution in [0.15, 0.2) is 48.5 Å². The van der Waals surface area contributed by atoms with Gasteiger partial charge in [-0.1, -0.05) is 12.1 Å². The van der Waals surface area contributed by atoms with Gasteiger partial charge in [0.15, 0.2) is 6.61 Å². The summed E-state index contributed by atoms with van der Waals surface area (Å²) in [7, 11) is 0. The van der Waals surface area contributed by atoms with E-state index in [1.807, 2.05) is 0 Å². The van der Waals surface area contributed by atoms with Crippen molar-refractivity contribution in [1.29, 1.82) is 0 Å². The van der Waals surface area contributed by atoms with Crippen LogP contribution in [0.1, 0.15) is 11.1 Å². The Kier molecular flexibility index (Phi) is 5.74. The first-order valence-electron chi connectivity index (χ1n) is 7.11. The number of nitrogens with one attached hydrogen (secondary N) is 1. The molecule has 1 amide bonds. The molecule has 0 fully saturated rings. The van der Waals surface area contributed by atoms with Crippen molar-refractivity contribution in [2.45, 2.75) is 12.6 Å². The maximum absolute atomic E-state index is 12.7. The molecule has 0 atom stereocenters. The Morgan fingerprint density at radius 2 is 1.56 bits per heavy atom. The highest BCUT2D eigenvalue weighted by Gasteiger charge is 2.29. The Morgan fingerprint density at radius 3 is 2.12 bits per heavy atom. The third-order valence-electron chi connectivity index (χ3n) is 3.12. The zero-order valence-corrected chi connectivity index (χ0v) is 12.8. The number of hydrogen-bond donors (Lipinski definition) is 1. The van der Waals surface area contributed by atoms with Gasteiger partial charge in [-0.05, 0) is 42.0 Å². The third-order valence-corrected chi connectivity index (χ3v) is 3.12. The summed E-state index contributed by atoms with van der Waals surface area (Å²) in [6, 6.07) is 9.08. The van der Waals surface area contributed by atoms with Crippen LogP contribution in [0.2, 0.25) is 0 Å². The average molecular weight is 355 g/mol. The van der Waals surface area contributed by atoms with Gasteiger partial charge in [-0.25, -0.2) is 4.39 Å². The molecular weight excluding hydrogens is 342 g/mol. The molecule has 0 aliphatic heterocycles. The smallest absolute Gasteiger partial charge is 0.416 e. The van der Waals surface area contributed by atoms with E-state index >= 15 is 0 Å². The van der Waals surface area contributed by atoms with Gasteiger partial charge in [0.05, 0.1) is 12.0 Å². The third kappa shape index (κ3) is 5.91. The van der Waals surface area contributed by atoms with Crippen LogP contribution < -0.4 is 5.32 Å². The number of hydrogen-bond acceptors (Lipinski definition) is 3. The fourth-order valence-corrected chi connectivity index (χ4v) is 1.91. The van der Waals surface area contributed by atoms with Crippen molar-refractivity contribution >= 4 is 17.6 Å². The molecular formula is C17H13F4NO3. The summed E-state index contributed by atoms with van der Waals surface area (Å²) in [5, 5.41) is 2.31. The highest BCUT2D eigenvalue weighted by atomic mass is 19.4. The maximum Gasteiger partial charge on any atom is 0.416 e. The van der Waals surface area contributed by atoms with Crippen molar-refractivity contribution in [1.82, 2.24) is 0 Å². The van der Waals surface area contributed by atoms with Crippen LogP contribution in [0, 0.1) is 5.82 Å². The lowest BCUT2D eigenvalue weighted by atomic mass is 10.1. The van der Waals surface area contributed by atoms with Crippen LogP contribution in [0.25, 0.3) is 0 Å². The summed E-state index contributed by atoms with van der Waals surface area (Å²) in [6.07, 6.45) is -4.59. The predicted molar refractivity (Wildman–Crippen MR) is 81.1 cm³/mol. The van der Waals surface area contributed by atoms with Crippen LogP contribution in [0.5, 0.6) is 0 Å². The summed E-state index contributed by atoms with van der Waals surface area (Å²) in [5.41, 5.74) is -0.168. The van der Waals surface area contributed by atoms with Crippen molar-refractivity contribution in [2.24, 2.45) is 0 Å². The first kappa shape index (κ1) is 18.4. The highest BCUT2D eigenvalue weighted by molar-refractivity contribution is 5.92. The first-order chi connectivity index (χ1) is 11.7. The fourth-order valence-electron chi connectivity index (χ4n) is 1.91. The number of benzene rings is 2. The Labute approximate surface area is 140 Å². The number of carbonyl (C=O) groups is 2. The molecule has 2 aromatic carbocycles. The van der Waals surface area contributed by atoms with E-state index in [-0.39, 0.29) is 12.1 Å². The second kappa shape index (κ2) is 7.78. The molecule has 0 aliphatic rings. The lowest BCUT2D eigenvalue weighted by Gasteiger charge is -2.09. The number of ether oxygens (including phenoxy) is 1. The average Bonchev–Trinajstić information content (AvgIpc) is 2.55. The summed E-state index contributed by atoms with van der Waals surface area (Å²) >= 11 is 0. The van der Waals surface area contributed by atoms with Crippen LogP contribution >= 0.6 is 0 Å². The van der Waals surface area contributed by atoms with Crippen molar-refractivity contribution in [3.05, 3.63) is 65.5 Å². The van der Waals surface area contributed by atoms with Gasteiger partial charge in [-0.2, -0.15) is 13.2 Å². The van der Waals surface area contributed by atoms with E-state index in [4.69, 9.17) is 4.74 Å². The molecule has 0 saturated carbocycles. The van der Waals surface area contributed by atoms with Gasteiger partial charge in [0.2, 0.25) is 0 Å². The van der Waals surface area contributed by atoms with Crippen LogP contribution in [0.4, 0.5) is 23.2 Å². The zero-order valence-electron chi connectivity index (χ0n) is 12.8. The summed E-state index contributed by atoms with van der Waals surface area (Å²) < 4.78 is 54.8. The van der Waals surface area contributed by atoms with Gasteiger partial charge in [-0.15, -0.1) is 0 Å². The standard InChI is InChI=1S/C17H13F4NO3/c18-13-5-1-11(2-6-13)9-16(24)25-10-15(23)22-14-7-3-12(4-8-14)17(19,20)21/h1-8H,9-10H2,(H,22,23). The highest BCUT2D eigenvalue weighted by Crippen LogP contribution is 2.29. The van der Waals surface area contributed by atoms with Gasteiger partial charge in [0.1, 0.15) is 5.82 Å². The van der Waals surface area contributed by atoms with E-state index in [2.05, 4.69) is 5.32 Å². The van der Waals surface area contributed by atoms with Gasteiger partial charge < -0.3 is 10.1 Å². The molecule has 132 valence electrons. The summed E-state index contributed by atoms with van der Waals surface area (Å²) in [6.45, 7) is -0.582. The second-order valence-electron chi connectivity index (χ2n) is 5.09. The number of esters is 1. The number of halogens is 4. The van der Waals surface area contributed by atoms with Gasteiger partial charge in [-0.3, -0.25) is 9.59 Å².